The van der Waals surface area contributed by atoms with Gasteiger partial charge in [-0.3, -0.25) is 0 Å². The second-order valence-corrected chi connectivity index (χ2v) is 5.94. The van der Waals surface area contributed by atoms with Crippen molar-refractivity contribution in [3.8, 4) is 0 Å². The number of rotatable bonds is 2. The third-order valence-electron chi connectivity index (χ3n) is 4.26. The molecular weight excluding hydrogens is 170 g/mol. The monoisotopic (exact) mass is 195 g/mol. The van der Waals surface area contributed by atoms with Crippen LogP contribution in [0.3, 0.4) is 0 Å². The molecular formula is C13H25N. The number of hydrogen-bond acceptors (Lipinski definition) is 1. The smallest absolute Gasteiger partial charge is 0.00954 e. The molecule has 0 aromatic carbocycles. The zero-order valence-corrected chi connectivity index (χ0v) is 9.92. The van der Waals surface area contributed by atoms with Crippen molar-refractivity contribution >= 4 is 0 Å². The molecule has 0 bridgehead atoms. The van der Waals surface area contributed by atoms with Gasteiger partial charge in [-0.05, 0) is 49.9 Å². The first-order valence-corrected chi connectivity index (χ1v) is 6.41. The molecule has 2 aliphatic carbocycles. The van der Waals surface area contributed by atoms with Gasteiger partial charge in [0.2, 0.25) is 0 Å². The van der Waals surface area contributed by atoms with E-state index in [1.165, 1.54) is 32.1 Å². The number of hydrogen-bond donors (Lipinski definition) is 1. The van der Waals surface area contributed by atoms with E-state index in [0.29, 0.717) is 0 Å². The van der Waals surface area contributed by atoms with Crippen molar-refractivity contribution in [2.45, 2.75) is 65.0 Å². The molecule has 0 aromatic rings. The van der Waals surface area contributed by atoms with E-state index in [9.17, 15) is 0 Å². The Balaban J connectivity index is 1.75. The van der Waals surface area contributed by atoms with Gasteiger partial charge in [0, 0.05) is 12.1 Å². The zero-order chi connectivity index (χ0) is 10.1. The maximum absolute atomic E-state index is 3.86. The molecule has 0 aromatic heterocycles. The highest BCUT2D eigenvalue weighted by molar-refractivity contribution is 4.89. The summed E-state index contributed by atoms with van der Waals surface area (Å²) in [4.78, 5) is 0. The van der Waals surface area contributed by atoms with Crippen LogP contribution in [0.2, 0.25) is 0 Å². The minimum Gasteiger partial charge on any atom is -0.311 e. The lowest BCUT2D eigenvalue weighted by atomic mass is 9.76. The molecule has 82 valence electrons. The highest BCUT2D eigenvalue weighted by Gasteiger charge is 2.31. The molecule has 0 saturated heterocycles. The Bertz CT molecular complexity index is 184. The van der Waals surface area contributed by atoms with E-state index < -0.39 is 0 Å². The first-order valence-electron chi connectivity index (χ1n) is 6.41. The Labute approximate surface area is 88.7 Å². The molecule has 3 atom stereocenters. The molecule has 0 amide bonds. The molecule has 1 N–H and O–H groups in total. The van der Waals surface area contributed by atoms with Crippen molar-refractivity contribution in [2.24, 2.45) is 17.8 Å². The minimum atomic E-state index is 0.823. The Hall–Kier alpha value is -0.0400. The first-order chi connectivity index (χ1) is 6.65. The van der Waals surface area contributed by atoms with E-state index in [2.05, 4.69) is 26.1 Å². The molecule has 0 spiro atoms. The van der Waals surface area contributed by atoms with E-state index in [0.717, 1.165) is 29.8 Å². The summed E-state index contributed by atoms with van der Waals surface area (Å²) in [6, 6.07) is 1.68. The highest BCUT2D eigenvalue weighted by atomic mass is 15.0. The van der Waals surface area contributed by atoms with E-state index in [1.54, 1.807) is 0 Å². The molecule has 2 rings (SSSR count). The van der Waals surface area contributed by atoms with Gasteiger partial charge in [-0.1, -0.05) is 20.8 Å². The molecule has 2 fully saturated rings. The molecule has 0 radical (unpaired) electrons. The van der Waals surface area contributed by atoms with Gasteiger partial charge in [0.1, 0.15) is 0 Å². The van der Waals surface area contributed by atoms with Gasteiger partial charge in [0.15, 0.2) is 0 Å². The van der Waals surface area contributed by atoms with Gasteiger partial charge in [-0.2, -0.15) is 0 Å². The Kier molecular flexibility index (Phi) is 3.16. The predicted octanol–water partition coefficient (Wildman–Crippen LogP) is 3.20. The van der Waals surface area contributed by atoms with Crippen LogP contribution in [0, 0.1) is 17.8 Å². The van der Waals surface area contributed by atoms with Crippen molar-refractivity contribution in [1.29, 1.82) is 0 Å². The molecule has 1 nitrogen and oxygen atoms in total. The molecule has 3 unspecified atom stereocenters. The third-order valence-corrected chi connectivity index (χ3v) is 4.26. The van der Waals surface area contributed by atoms with Crippen LogP contribution in [0.4, 0.5) is 0 Å². The van der Waals surface area contributed by atoms with Crippen LogP contribution in [0.15, 0.2) is 0 Å². The van der Waals surface area contributed by atoms with Crippen LogP contribution in [-0.2, 0) is 0 Å². The van der Waals surface area contributed by atoms with Crippen molar-refractivity contribution in [2.75, 3.05) is 0 Å². The molecule has 0 heterocycles. The van der Waals surface area contributed by atoms with Crippen LogP contribution < -0.4 is 5.32 Å². The highest BCUT2D eigenvalue weighted by Crippen LogP contribution is 2.32. The summed E-state index contributed by atoms with van der Waals surface area (Å²) in [5.74, 6) is 2.84. The Morgan fingerprint density at radius 1 is 0.857 bits per heavy atom. The molecule has 14 heavy (non-hydrogen) atoms. The molecule has 2 aliphatic rings. The zero-order valence-electron chi connectivity index (χ0n) is 9.92. The van der Waals surface area contributed by atoms with Gasteiger partial charge in [0.05, 0.1) is 0 Å². The summed E-state index contributed by atoms with van der Waals surface area (Å²) in [5, 5.41) is 3.86. The Morgan fingerprint density at radius 2 is 1.57 bits per heavy atom. The fourth-order valence-electron chi connectivity index (χ4n) is 3.25. The summed E-state index contributed by atoms with van der Waals surface area (Å²) in [5.41, 5.74) is 0. The van der Waals surface area contributed by atoms with Crippen molar-refractivity contribution in [3.05, 3.63) is 0 Å². The maximum atomic E-state index is 3.86. The normalized spacial score (nSPS) is 48.6. The maximum Gasteiger partial charge on any atom is 0.00954 e. The molecule has 0 aliphatic heterocycles. The fourth-order valence-corrected chi connectivity index (χ4v) is 3.25. The largest absolute Gasteiger partial charge is 0.311 e. The number of nitrogens with one attached hydrogen (secondary N) is 1. The predicted molar refractivity (Wildman–Crippen MR) is 61.3 cm³/mol. The summed E-state index contributed by atoms with van der Waals surface area (Å²) >= 11 is 0. The Morgan fingerprint density at radius 3 is 2.14 bits per heavy atom. The van der Waals surface area contributed by atoms with Gasteiger partial charge >= 0.3 is 0 Å². The SMILES string of the molecule is CC1CC(NC2CCC(C)CC2C)C1. The summed E-state index contributed by atoms with van der Waals surface area (Å²) in [6.07, 6.45) is 7.11. The van der Waals surface area contributed by atoms with Crippen LogP contribution in [0.25, 0.3) is 0 Å². The lowest BCUT2D eigenvalue weighted by molar-refractivity contribution is 0.159. The van der Waals surface area contributed by atoms with Crippen LogP contribution in [0.5, 0.6) is 0 Å². The van der Waals surface area contributed by atoms with Gasteiger partial charge in [-0.15, -0.1) is 0 Å². The van der Waals surface area contributed by atoms with Crippen LogP contribution in [0.1, 0.15) is 52.9 Å². The lowest BCUT2D eigenvalue weighted by Gasteiger charge is -2.41. The van der Waals surface area contributed by atoms with E-state index >= 15 is 0 Å². The van der Waals surface area contributed by atoms with Gasteiger partial charge in [0.25, 0.3) is 0 Å². The quantitative estimate of drug-likeness (QED) is 0.713. The van der Waals surface area contributed by atoms with Crippen LogP contribution >= 0.6 is 0 Å². The second-order valence-electron chi connectivity index (χ2n) is 5.94. The summed E-state index contributed by atoms with van der Waals surface area (Å²) < 4.78 is 0. The molecule has 2 saturated carbocycles. The van der Waals surface area contributed by atoms with Crippen molar-refractivity contribution in [3.63, 3.8) is 0 Å². The average Bonchev–Trinajstić information content (AvgIpc) is 2.06. The minimum absolute atomic E-state index is 0.823. The first kappa shape index (κ1) is 10.5. The van der Waals surface area contributed by atoms with Gasteiger partial charge in [-0.25, -0.2) is 0 Å². The van der Waals surface area contributed by atoms with E-state index in [4.69, 9.17) is 0 Å². The van der Waals surface area contributed by atoms with Crippen molar-refractivity contribution < 1.29 is 0 Å². The summed E-state index contributed by atoms with van der Waals surface area (Å²) in [6.45, 7) is 7.19. The lowest BCUT2D eigenvalue weighted by Crippen LogP contribution is -2.49. The average molecular weight is 195 g/mol. The third kappa shape index (κ3) is 2.31. The van der Waals surface area contributed by atoms with Crippen LogP contribution in [-0.4, -0.2) is 12.1 Å². The molecule has 1 heteroatoms. The van der Waals surface area contributed by atoms with Gasteiger partial charge < -0.3 is 5.32 Å². The topological polar surface area (TPSA) is 12.0 Å². The fraction of sp³-hybridized carbons (Fsp3) is 1.00. The summed E-state index contributed by atoms with van der Waals surface area (Å²) in [7, 11) is 0. The van der Waals surface area contributed by atoms with E-state index in [1.807, 2.05) is 0 Å². The van der Waals surface area contributed by atoms with E-state index in [-0.39, 0.29) is 0 Å². The second kappa shape index (κ2) is 4.22. The van der Waals surface area contributed by atoms with Crippen molar-refractivity contribution in [1.82, 2.24) is 5.32 Å². The standard InChI is InChI=1S/C13H25N/c1-9-4-5-13(11(3)6-9)14-12-7-10(2)8-12/h9-14H,4-8H2,1-3H3.